The second-order valence-corrected chi connectivity index (χ2v) is 7.16. The number of nitrogens with two attached hydrogens (primary N) is 1. The Morgan fingerprint density at radius 3 is 2.28 bits per heavy atom. The highest BCUT2D eigenvalue weighted by Crippen LogP contribution is 2.30. The maximum atomic E-state index is 6.19. The van der Waals surface area contributed by atoms with Gasteiger partial charge in [-0.3, -0.25) is 4.90 Å². The van der Waals surface area contributed by atoms with E-state index in [4.69, 9.17) is 5.73 Å². The Morgan fingerprint density at radius 2 is 1.83 bits per heavy atom. The van der Waals surface area contributed by atoms with Gasteiger partial charge >= 0.3 is 0 Å². The molecule has 0 aliphatic heterocycles. The molecule has 2 N–H and O–H groups in total. The van der Waals surface area contributed by atoms with E-state index >= 15 is 0 Å². The molecule has 0 saturated heterocycles. The summed E-state index contributed by atoms with van der Waals surface area (Å²) in [6, 6.07) is 8.67. The molecule has 0 bridgehead atoms. The molecule has 0 heterocycles. The summed E-state index contributed by atoms with van der Waals surface area (Å²) in [5.74, 6) is 0. The Kier molecular flexibility index (Phi) is 5.38. The van der Waals surface area contributed by atoms with E-state index in [-0.39, 0.29) is 17.5 Å². The second kappa shape index (κ2) is 6.18. The van der Waals surface area contributed by atoms with Crippen LogP contribution in [0.2, 0.25) is 0 Å². The van der Waals surface area contributed by atoms with E-state index in [9.17, 15) is 0 Å². The van der Waals surface area contributed by atoms with Crippen LogP contribution in [0.1, 0.15) is 39.3 Å². The lowest BCUT2D eigenvalue weighted by Gasteiger charge is -2.36. The predicted octanol–water partition coefficient (Wildman–Crippen LogP) is 3.82. The molecule has 1 rings (SSSR count). The lowest BCUT2D eigenvalue weighted by atomic mass is 9.93. The molecular weight excluding hydrogens is 288 g/mol. The van der Waals surface area contributed by atoms with Gasteiger partial charge in [-0.1, -0.05) is 54.9 Å². The first-order chi connectivity index (χ1) is 8.22. The summed E-state index contributed by atoms with van der Waals surface area (Å²) in [7, 11) is 2.15. The van der Waals surface area contributed by atoms with Gasteiger partial charge in [-0.05, 0) is 31.0 Å². The topological polar surface area (TPSA) is 29.3 Å². The van der Waals surface area contributed by atoms with Crippen molar-refractivity contribution in [1.82, 2.24) is 4.90 Å². The predicted molar refractivity (Wildman–Crippen MR) is 82.6 cm³/mol. The van der Waals surface area contributed by atoms with Gasteiger partial charge in [0.1, 0.15) is 0 Å². The summed E-state index contributed by atoms with van der Waals surface area (Å²) in [6.45, 7) is 9.84. The van der Waals surface area contributed by atoms with Gasteiger partial charge in [-0.25, -0.2) is 0 Å². The van der Waals surface area contributed by atoms with Crippen LogP contribution in [0.25, 0.3) is 0 Å². The molecule has 0 radical (unpaired) electrons. The maximum Gasteiger partial charge on any atom is 0.0505 e. The quantitative estimate of drug-likeness (QED) is 0.916. The lowest BCUT2D eigenvalue weighted by molar-refractivity contribution is 0.156. The van der Waals surface area contributed by atoms with E-state index < -0.39 is 0 Å². The van der Waals surface area contributed by atoms with E-state index in [1.165, 1.54) is 5.56 Å². The van der Waals surface area contributed by atoms with Crippen LogP contribution in [-0.4, -0.2) is 24.5 Å². The van der Waals surface area contributed by atoms with Gasteiger partial charge in [0.25, 0.3) is 0 Å². The number of likely N-dealkylation sites (N-methyl/N-ethyl adjacent to an activating group) is 1. The van der Waals surface area contributed by atoms with Crippen molar-refractivity contribution >= 4 is 15.9 Å². The van der Waals surface area contributed by atoms with E-state index in [2.05, 4.69) is 73.8 Å². The monoisotopic (exact) mass is 312 g/mol. The third-order valence-corrected chi connectivity index (χ3v) is 3.64. The second-order valence-electron chi connectivity index (χ2n) is 6.30. The molecule has 1 aromatic rings. The van der Waals surface area contributed by atoms with Crippen molar-refractivity contribution in [1.29, 1.82) is 0 Å². The van der Waals surface area contributed by atoms with E-state index in [1.54, 1.807) is 0 Å². The average molecular weight is 313 g/mol. The number of benzene rings is 1. The standard InChI is InChI=1S/C15H25BrN2/c1-11(17)14(18(5)10-15(2,3)4)12-8-6-7-9-13(12)16/h6-9,11,14H,10,17H2,1-5H3. The Balaban J connectivity index is 3.00. The van der Waals surface area contributed by atoms with Crippen LogP contribution in [0, 0.1) is 5.41 Å². The summed E-state index contributed by atoms with van der Waals surface area (Å²) in [5, 5.41) is 0. The molecule has 18 heavy (non-hydrogen) atoms. The highest BCUT2D eigenvalue weighted by atomic mass is 79.9. The largest absolute Gasteiger partial charge is 0.326 e. The van der Waals surface area contributed by atoms with Crippen LogP contribution in [0.4, 0.5) is 0 Å². The molecule has 0 aromatic heterocycles. The Morgan fingerprint density at radius 1 is 1.28 bits per heavy atom. The summed E-state index contributed by atoms with van der Waals surface area (Å²) in [6.07, 6.45) is 0. The molecule has 0 amide bonds. The third-order valence-electron chi connectivity index (χ3n) is 2.92. The van der Waals surface area contributed by atoms with Gasteiger partial charge < -0.3 is 5.73 Å². The summed E-state index contributed by atoms with van der Waals surface area (Å²) in [5.41, 5.74) is 7.73. The van der Waals surface area contributed by atoms with Crippen LogP contribution in [0.3, 0.4) is 0 Å². The Labute approximate surface area is 120 Å². The Bertz CT molecular complexity index is 382. The van der Waals surface area contributed by atoms with Crippen LogP contribution < -0.4 is 5.73 Å². The third kappa shape index (κ3) is 4.38. The first-order valence-electron chi connectivity index (χ1n) is 6.42. The maximum absolute atomic E-state index is 6.19. The highest BCUT2D eigenvalue weighted by Gasteiger charge is 2.26. The number of nitrogens with zero attached hydrogens (tertiary/aromatic N) is 1. The molecule has 2 nitrogen and oxygen atoms in total. The van der Waals surface area contributed by atoms with Gasteiger partial charge in [-0.15, -0.1) is 0 Å². The average Bonchev–Trinajstić information content (AvgIpc) is 2.17. The fraction of sp³-hybridized carbons (Fsp3) is 0.600. The minimum Gasteiger partial charge on any atom is -0.326 e. The smallest absolute Gasteiger partial charge is 0.0505 e. The minimum absolute atomic E-state index is 0.0936. The summed E-state index contributed by atoms with van der Waals surface area (Å²) < 4.78 is 1.13. The molecule has 0 aliphatic carbocycles. The van der Waals surface area contributed by atoms with Crippen molar-refractivity contribution in [2.45, 2.75) is 39.8 Å². The summed E-state index contributed by atoms with van der Waals surface area (Å²) >= 11 is 3.63. The zero-order chi connectivity index (χ0) is 13.9. The van der Waals surface area contributed by atoms with Gasteiger partial charge in [-0.2, -0.15) is 0 Å². The van der Waals surface area contributed by atoms with Crippen molar-refractivity contribution in [2.24, 2.45) is 11.1 Å². The van der Waals surface area contributed by atoms with Gasteiger partial charge in [0.05, 0.1) is 6.04 Å². The molecule has 2 atom stereocenters. The fourth-order valence-corrected chi connectivity index (χ4v) is 3.00. The van der Waals surface area contributed by atoms with Crippen molar-refractivity contribution in [3.8, 4) is 0 Å². The molecule has 0 spiro atoms. The van der Waals surface area contributed by atoms with Crippen molar-refractivity contribution in [3.05, 3.63) is 34.3 Å². The zero-order valence-corrected chi connectivity index (χ0v) is 13.7. The van der Waals surface area contributed by atoms with Crippen LogP contribution in [0.15, 0.2) is 28.7 Å². The number of rotatable bonds is 4. The van der Waals surface area contributed by atoms with Crippen LogP contribution >= 0.6 is 15.9 Å². The van der Waals surface area contributed by atoms with Crippen molar-refractivity contribution in [3.63, 3.8) is 0 Å². The van der Waals surface area contributed by atoms with E-state index in [1.807, 2.05) is 6.07 Å². The molecule has 0 saturated carbocycles. The SMILES string of the molecule is CC(N)C(c1ccccc1Br)N(C)CC(C)(C)C. The molecule has 0 aliphatic rings. The summed E-state index contributed by atoms with van der Waals surface area (Å²) in [4.78, 5) is 2.35. The zero-order valence-electron chi connectivity index (χ0n) is 12.1. The number of hydrogen-bond donors (Lipinski definition) is 1. The number of halogens is 1. The van der Waals surface area contributed by atoms with E-state index in [0.717, 1.165) is 11.0 Å². The Hall–Kier alpha value is -0.380. The van der Waals surface area contributed by atoms with Gasteiger partial charge in [0.2, 0.25) is 0 Å². The molecule has 3 heteroatoms. The van der Waals surface area contributed by atoms with Crippen molar-refractivity contribution < 1.29 is 0 Å². The minimum atomic E-state index is 0.0936. The lowest BCUT2D eigenvalue weighted by Crippen LogP contribution is -2.41. The first-order valence-corrected chi connectivity index (χ1v) is 7.22. The van der Waals surface area contributed by atoms with E-state index in [0.29, 0.717) is 0 Å². The number of hydrogen-bond acceptors (Lipinski definition) is 2. The van der Waals surface area contributed by atoms with Crippen LogP contribution in [0.5, 0.6) is 0 Å². The van der Waals surface area contributed by atoms with Gasteiger partial charge in [0, 0.05) is 17.1 Å². The molecule has 1 aromatic carbocycles. The molecular formula is C15H25BrN2. The normalized spacial score (nSPS) is 15.8. The molecule has 102 valence electrons. The van der Waals surface area contributed by atoms with Crippen LogP contribution in [-0.2, 0) is 0 Å². The van der Waals surface area contributed by atoms with Gasteiger partial charge in [0.15, 0.2) is 0 Å². The van der Waals surface area contributed by atoms with Crippen molar-refractivity contribution in [2.75, 3.05) is 13.6 Å². The first kappa shape index (κ1) is 15.7. The molecule has 2 unspecified atom stereocenters. The molecule has 0 fully saturated rings. The highest BCUT2D eigenvalue weighted by molar-refractivity contribution is 9.10. The fourth-order valence-electron chi connectivity index (χ4n) is 2.48.